The van der Waals surface area contributed by atoms with Crippen molar-refractivity contribution in [1.82, 2.24) is 5.32 Å². The molecule has 72 valence electrons. The van der Waals surface area contributed by atoms with E-state index < -0.39 is 0 Å². The van der Waals surface area contributed by atoms with Crippen molar-refractivity contribution in [1.29, 1.82) is 0 Å². The molecule has 2 heterocycles. The van der Waals surface area contributed by atoms with Crippen molar-refractivity contribution >= 4 is 11.3 Å². The summed E-state index contributed by atoms with van der Waals surface area (Å²) in [5, 5.41) is 6.52. The van der Waals surface area contributed by atoms with Crippen molar-refractivity contribution in [2.45, 2.75) is 31.9 Å². The fourth-order valence-electron chi connectivity index (χ4n) is 1.71. The van der Waals surface area contributed by atoms with E-state index in [-0.39, 0.29) is 0 Å². The second-order valence-corrected chi connectivity index (χ2v) is 4.37. The van der Waals surface area contributed by atoms with E-state index in [2.05, 4.69) is 12.2 Å². The van der Waals surface area contributed by atoms with Crippen LogP contribution in [0.15, 0.2) is 17.5 Å². The molecule has 2 nitrogen and oxygen atoms in total. The molecule has 0 bridgehead atoms. The zero-order chi connectivity index (χ0) is 9.10. The normalized spacial score (nSPS) is 24.5. The minimum absolute atomic E-state index is 0.293. The van der Waals surface area contributed by atoms with Gasteiger partial charge in [-0.2, -0.15) is 0 Å². The van der Waals surface area contributed by atoms with Gasteiger partial charge in [-0.25, -0.2) is 0 Å². The van der Waals surface area contributed by atoms with Crippen LogP contribution in [0, 0.1) is 0 Å². The Morgan fingerprint density at radius 3 is 3.23 bits per heavy atom. The number of nitrogens with one attached hydrogen (secondary N) is 1. The lowest BCUT2D eigenvalue weighted by Crippen LogP contribution is -2.36. The minimum Gasteiger partial charge on any atom is -0.480 e. The molecule has 2 rings (SSSR count). The first-order valence-electron chi connectivity index (χ1n) is 4.80. The molecule has 0 spiro atoms. The largest absolute Gasteiger partial charge is 0.480 e. The van der Waals surface area contributed by atoms with E-state index in [1.54, 1.807) is 11.3 Å². The molecular formula is C10H15NOS. The van der Waals surface area contributed by atoms with Gasteiger partial charge in [0, 0.05) is 6.04 Å². The second kappa shape index (κ2) is 4.11. The van der Waals surface area contributed by atoms with Gasteiger partial charge in [0.05, 0.1) is 0 Å². The highest BCUT2D eigenvalue weighted by atomic mass is 32.1. The standard InChI is InChI=1S/C10H15NOS/c1-8(9-4-2-6-11-9)12-10-5-3-7-13-10/h3,5,7-9,11H,2,4,6H2,1H3. The van der Waals surface area contributed by atoms with E-state index in [4.69, 9.17) is 4.74 Å². The van der Waals surface area contributed by atoms with Crippen LogP contribution in [-0.4, -0.2) is 18.7 Å². The molecule has 0 radical (unpaired) electrons. The van der Waals surface area contributed by atoms with E-state index in [1.165, 1.54) is 12.8 Å². The molecule has 3 heteroatoms. The SMILES string of the molecule is CC(Oc1cccs1)C1CCCN1. The number of hydrogen-bond donors (Lipinski definition) is 1. The molecule has 2 atom stereocenters. The Morgan fingerprint density at radius 2 is 2.62 bits per heavy atom. The van der Waals surface area contributed by atoms with Crippen LogP contribution in [0.4, 0.5) is 0 Å². The number of ether oxygens (including phenoxy) is 1. The van der Waals surface area contributed by atoms with Gasteiger partial charge in [0.2, 0.25) is 0 Å². The Labute approximate surface area is 82.9 Å². The zero-order valence-electron chi connectivity index (χ0n) is 7.82. The highest BCUT2D eigenvalue weighted by Crippen LogP contribution is 2.22. The van der Waals surface area contributed by atoms with Crippen molar-refractivity contribution < 1.29 is 4.74 Å². The Hall–Kier alpha value is -0.540. The van der Waals surface area contributed by atoms with E-state index in [0.29, 0.717) is 12.1 Å². The smallest absolute Gasteiger partial charge is 0.174 e. The molecule has 1 aromatic rings. The predicted octanol–water partition coefficient (Wildman–Crippen LogP) is 2.27. The molecule has 1 aliphatic rings. The summed E-state index contributed by atoms with van der Waals surface area (Å²) in [7, 11) is 0. The van der Waals surface area contributed by atoms with Crippen LogP contribution in [0.25, 0.3) is 0 Å². The predicted molar refractivity (Wildman–Crippen MR) is 55.4 cm³/mol. The summed E-state index contributed by atoms with van der Waals surface area (Å²) in [4.78, 5) is 0. The fraction of sp³-hybridized carbons (Fsp3) is 0.600. The molecule has 1 N–H and O–H groups in total. The van der Waals surface area contributed by atoms with Gasteiger partial charge >= 0.3 is 0 Å². The summed E-state index contributed by atoms with van der Waals surface area (Å²) < 4.78 is 5.79. The summed E-state index contributed by atoms with van der Waals surface area (Å²) >= 11 is 1.66. The van der Waals surface area contributed by atoms with Gasteiger partial charge in [0.25, 0.3) is 0 Å². The minimum atomic E-state index is 0.293. The molecule has 0 aliphatic carbocycles. The Balaban J connectivity index is 1.87. The van der Waals surface area contributed by atoms with Gasteiger partial charge in [0.15, 0.2) is 5.06 Å². The lowest BCUT2D eigenvalue weighted by molar-refractivity contribution is 0.185. The van der Waals surface area contributed by atoms with Crippen LogP contribution in [0.3, 0.4) is 0 Å². The van der Waals surface area contributed by atoms with Gasteiger partial charge in [-0.3, -0.25) is 0 Å². The number of hydrogen-bond acceptors (Lipinski definition) is 3. The van der Waals surface area contributed by atoms with Crippen LogP contribution in [-0.2, 0) is 0 Å². The number of thiophene rings is 1. The average Bonchev–Trinajstić information content (AvgIpc) is 2.74. The first-order chi connectivity index (χ1) is 6.36. The Kier molecular flexibility index (Phi) is 2.86. The second-order valence-electron chi connectivity index (χ2n) is 3.46. The van der Waals surface area contributed by atoms with Crippen LogP contribution < -0.4 is 10.1 Å². The molecule has 0 aromatic carbocycles. The molecule has 1 aromatic heterocycles. The van der Waals surface area contributed by atoms with Gasteiger partial charge in [0.1, 0.15) is 6.10 Å². The van der Waals surface area contributed by atoms with Crippen LogP contribution in [0.1, 0.15) is 19.8 Å². The molecule has 1 saturated heterocycles. The highest BCUT2D eigenvalue weighted by molar-refractivity contribution is 7.11. The van der Waals surface area contributed by atoms with E-state index in [9.17, 15) is 0 Å². The molecule has 13 heavy (non-hydrogen) atoms. The molecule has 0 amide bonds. The van der Waals surface area contributed by atoms with Crippen LogP contribution in [0.2, 0.25) is 0 Å². The molecule has 0 saturated carbocycles. The Morgan fingerprint density at radius 1 is 1.69 bits per heavy atom. The molecule has 1 fully saturated rings. The first kappa shape index (κ1) is 9.03. The van der Waals surface area contributed by atoms with Gasteiger partial charge in [-0.1, -0.05) is 0 Å². The maximum Gasteiger partial charge on any atom is 0.174 e. The fourth-order valence-corrected chi connectivity index (χ4v) is 2.36. The summed E-state index contributed by atoms with van der Waals surface area (Å²) in [6, 6.07) is 4.59. The van der Waals surface area contributed by atoms with Crippen molar-refractivity contribution in [2.75, 3.05) is 6.54 Å². The average molecular weight is 197 g/mol. The summed E-state index contributed by atoms with van der Waals surface area (Å²) in [5.41, 5.74) is 0. The van der Waals surface area contributed by atoms with E-state index in [0.717, 1.165) is 11.6 Å². The monoisotopic (exact) mass is 197 g/mol. The van der Waals surface area contributed by atoms with Crippen molar-refractivity contribution in [3.63, 3.8) is 0 Å². The molecule has 2 unspecified atom stereocenters. The highest BCUT2D eigenvalue weighted by Gasteiger charge is 2.22. The topological polar surface area (TPSA) is 21.3 Å². The molecular weight excluding hydrogens is 182 g/mol. The lowest BCUT2D eigenvalue weighted by atomic mass is 10.1. The third-order valence-corrected chi connectivity index (χ3v) is 3.22. The van der Waals surface area contributed by atoms with E-state index in [1.807, 2.05) is 17.5 Å². The summed E-state index contributed by atoms with van der Waals surface area (Å²) in [5.74, 6) is 0. The number of rotatable bonds is 3. The van der Waals surface area contributed by atoms with Gasteiger partial charge in [-0.15, -0.1) is 11.3 Å². The first-order valence-corrected chi connectivity index (χ1v) is 5.68. The van der Waals surface area contributed by atoms with Crippen LogP contribution >= 0.6 is 11.3 Å². The van der Waals surface area contributed by atoms with Gasteiger partial charge in [-0.05, 0) is 43.8 Å². The maximum absolute atomic E-state index is 5.79. The third kappa shape index (κ3) is 2.23. The summed E-state index contributed by atoms with van der Waals surface area (Å²) in [6.07, 6.45) is 2.82. The van der Waals surface area contributed by atoms with Crippen LogP contribution in [0.5, 0.6) is 5.06 Å². The maximum atomic E-state index is 5.79. The van der Waals surface area contributed by atoms with Crippen molar-refractivity contribution in [3.05, 3.63) is 17.5 Å². The summed E-state index contributed by atoms with van der Waals surface area (Å²) in [6.45, 7) is 3.28. The Bertz CT molecular complexity index is 241. The lowest BCUT2D eigenvalue weighted by Gasteiger charge is -2.19. The van der Waals surface area contributed by atoms with Crippen molar-refractivity contribution in [2.24, 2.45) is 0 Å². The quantitative estimate of drug-likeness (QED) is 0.802. The molecule has 1 aliphatic heterocycles. The van der Waals surface area contributed by atoms with E-state index >= 15 is 0 Å². The zero-order valence-corrected chi connectivity index (χ0v) is 8.64. The van der Waals surface area contributed by atoms with Gasteiger partial charge < -0.3 is 10.1 Å². The van der Waals surface area contributed by atoms with Crippen molar-refractivity contribution in [3.8, 4) is 5.06 Å². The third-order valence-electron chi connectivity index (χ3n) is 2.46.